The molecule has 1 aliphatic heterocycles. The number of nitrogens with one attached hydrogen (secondary N) is 1. The summed E-state index contributed by atoms with van der Waals surface area (Å²) in [4.78, 5) is 14.4. The van der Waals surface area contributed by atoms with Crippen LogP contribution >= 0.6 is 12.4 Å². The molecule has 3 N–H and O–H groups in total. The van der Waals surface area contributed by atoms with Crippen molar-refractivity contribution < 1.29 is 9.53 Å². The van der Waals surface area contributed by atoms with E-state index >= 15 is 0 Å². The first-order valence-corrected chi connectivity index (χ1v) is 7.97. The molecule has 1 saturated carbocycles. The summed E-state index contributed by atoms with van der Waals surface area (Å²) >= 11 is 0. The molecule has 0 aromatic heterocycles. The monoisotopic (exact) mass is 319 g/mol. The highest BCUT2D eigenvalue weighted by Gasteiger charge is 2.38. The maximum Gasteiger partial charge on any atom is 0.221 e. The van der Waals surface area contributed by atoms with Crippen LogP contribution in [0.2, 0.25) is 0 Å². The van der Waals surface area contributed by atoms with Crippen molar-refractivity contribution in [1.29, 1.82) is 0 Å². The Kier molecular flexibility index (Phi) is 7.95. The highest BCUT2D eigenvalue weighted by molar-refractivity contribution is 5.85. The van der Waals surface area contributed by atoms with Crippen molar-refractivity contribution in [3.8, 4) is 0 Å². The van der Waals surface area contributed by atoms with Gasteiger partial charge >= 0.3 is 0 Å². The fourth-order valence-corrected chi connectivity index (χ4v) is 3.48. The fraction of sp³-hybridized carbons (Fsp3) is 0.933. The Bertz CT molecular complexity index is 314. The first-order chi connectivity index (χ1) is 9.62. The number of amides is 1. The van der Waals surface area contributed by atoms with E-state index in [-0.39, 0.29) is 29.9 Å². The second-order valence-corrected chi connectivity index (χ2v) is 6.34. The largest absolute Gasteiger partial charge is 0.379 e. The summed E-state index contributed by atoms with van der Waals surface area (Å²) in [6, 6.07) is -0.0688. The molecule has 2 aliphatic rings. The van der Waals surface area contributed by atoms with Gasteiger partial charge in [-0.15, -0.1) is 12.4 Å². The van der Waals surface area contributed by atoms with Crippen LogP contribution in [0.15, 0.2) is 0 Å². The van der Waals surface area contributed by atoms with E-state index in [1.807, 2.05) is 6.92 Å². The van der Waals surface area contributed by atoms with E-state index in [4.69, 9.17) is 10.5 Å². The van der Waals surface area contributed by atoms with Gasteiger partial charge < -0.3 is 15.8 Å². The second kappa shape index (κ2) is 8.93. The number of hydrogen-bond acceptors (Lipinski definition) is 4. The molecule has 0 radical (unpaired) electrons. The van der Waals surface area contributed by atoms with E-state index in [0.29, 0.717) is 6.42 Å². The van der Waals surface area contributed by atoms with Crippen LogP contribution in [0.1, 0.15) is 45.4 Å². The number of halogens is 1. The first-order valence-electron chi connectivity index (χ1n) is 7.97. The lowest BCUT2D eigenvalue weighted by molar-refractivity contribution is -0.122. The predicted octanol–water partition coefficient (Wildman–Crippen LogP) is 1.30. The third-order valence-electron chi connectivity index (χ3n) is 4.59. The highest BCUT2D eigenvalue weighted by atomic mass is 35.5. The van der Waals surface area contributed by atoms with Gasteiger partial charge in [-0.2, -0.15) is 0 Å². The number of nitrogens with zero attached hydrogens (tertiary/aromatic N) is 1. The Balaban J connectivity index is 0.00000220. The van der Waals surface area contributed by atoms with E-state index in [1.54, 1.807) is 0 Å². The van der Waals surface area contributed by atoms with Crippen LogP contribution in [0.4, 0.5) is 0 Å². The van der Waals surface area contributed by atoms with Crippen LogP contribution in [-0.2, 0) is 9.53 Å². The highest BCUT2D eigenvalue weighted by Crippen LogP contribution is 2.33. The van der Waals surface area contributed by atoms with E-state index in [1.165, 1.54) is 32.1 Å². The molecule has 124 valence electrons. The minimum absolute atomic E-state index is 0. The lowest BCUT2D eigenvalue weighted by Crippen LogP contribution is -2.59. The SMILES string of the molecule is CC(N)CC(=O)NCC1(N2CCOCC2)CCCCC1.Cl. The molecule has 1 atom stereocenters. The quantitative estimate of drug-likeness (QED) is 0.801. The zero-order valence-corrected chi connectivity index (χ0v) is 13.9. The van der Waals surface area contributed by atoms with Crippen LogP contribution in [0.3, 0.4) is 0 Å². The Labute approximate surface area is 134 Å². The van der Waals surface area contributed by atoms with E-state index in [0.717, 1.165) is 32.8 Å². The molecular formula is C15H30ClN3O2. The number of morpholine rings is 1. The fourth-order valence-electron chi connectivity index (χ4n) is 3.48. The average Bonchev–Trinajstić information content (AvgIpc) is 2.46. The number of carbonyl (C=O) groups is 1. The molecule has 6 heteroatoms. The minimum atomic E-state index is -0.0688. The van der Waals surface area contributed by atoms with Gasteiger partial charge in [0.25, 0.3) is 0 Å². The van der Waals surface area contributed by atoms with Crippen molar-refractivity contribution in [2.45, 2.75) is 57.0 Å². The molecule has 0 aromatic carbocycles. The summed E-state index contributed by atoms with van der Waals surface area (Å²) < 4.78 is 5.47. The molecule has 1 unspecified atom stereocenters. The van der Waals surface area contributed by atoms with Crippen molar-refractivity contribution in [3.63, 3.8) is 0 Å². The van der Waals surface area contributed by atoms with Crippen molar-refractivity contribution >= 4 is 18.3 Å². The Morgan fingerprint density at radius 2 is 1.90 bits per heavy atom. The molecule has 0 spiro atoms. The number of carbonyl (C=O) groups excluding carboxylic acids is 1. The lowest BCUT2D eigenvalue weighted by atomic mass is 9.79. The smallest absolute Gasteiger partial charge is 0.221 e. The molecule has 1 heterocycles. The number of nitrogens with two attached hydrogens (primary N) is 1. The summed E-state index contributed by atoms with van der Waals surface area (Å²) in [7, 11) is 0. The van der Waals surface area contributed by atoms with Gasteiger partial charge in [0.2, 0.25) is 5.91 Å². The van der Waals surface area contributed by atoms with Gasteiger partial charge in [0, 0.05) is 37.6 Å². The predicted molar refractivity (Wildman–Crippen MR) is 86.7 cm³/mol. The molecule has 0 aromatic rings. The Morgan fingerprint density at radius 3 is 2.48 bits per heavy atom. The standard InChI is InChI=1S/C15H29N3O2.ClH/c1-13(16)11-14(19)17-12-15(5-3-2-4-6-15)18-7-9-20-10-8-18;/h13H,2-12,16H2,1H3,(H,17,19);1H. The van der Waals surface area contributed by atoms with Gasteiger partial charge in [-0.05, 0) is 19.8 Å². The normalized spacial score (nSPS) is 23.9. The first kappa shape index (κ1) is 18.7. The molecule has 0 bridgehead atoms. The summed E-state index contributed by atoms with van der Waals surface area (Å²) in [6.45, 7) is 6.24. The van der Waals surface area contributed by atoms with Crippen LogP contribution < -0.4 is 11.1 Å². The maximum absolute atomic E-state index is 11.9. The maximum atomic E-state index is 11.9. The van der Waals surface area contributed by atoms with E-state index < -0.39 is 0 Å². The van der Waals surface area contributed by atoms with Gasteiger partial charge in [0.1, 0.15) is 0 Å². The zero-order valence-electron chi connectivity index (χ0n) is 13.1. The minimum Gasteiger partial charge on any atom is -0.379 e. The summed E-state index contributed by atoms with van der Waals surface area (Å²) in [5.41, 5.74) is 5.84. The summed E-state index contributed by atoms with van der Waals surface area (Å²) in [5, 5.41) is 3.12. The topological polar surface area (TPSA) is 67.6 Å². The van der Waals surface area contributed by atoms with Gasteiger partial charge in [-0.25, -0.2) is 0 Å². The molecule has 5 nitrogen and oxygen atoms in total. The summed E-state index contributed by atoms with van der Waals surface area (Å²) in [6.07, 6.45) is 6.64. The molecular weight excluding hydrogens is 290 g/mol. The van der Waals surface area contributed by atoms with Gasteiger partial charge in [0.15, 0.2) is 0 Å². The van der Waals surface area contributed by atoms with Gasteiger partial charge in [0.05, 0.1) is 13.2 Å². The molecule has 1 saturated heterocycles. The van der Waals surface area contributed by atoms with Crippen LogP contribution in [-0.4, -0.2) is 55.2 Å². The molecule has 2 fully saturated rings. The molecule has 2 rings (SSSR count). The third kappa shape index (κ3) is 5.40. The Hall–Kier alpha value is -0.360. The number of rotatable bonds is 5. The Morgan fingerprint density at radius 1 is 1.29 bits per heavy atom. The second-order valence-electron chi connectivity index (χ2n) is 6.34. The van der Waals surface area contributed by atoms with Crippen molar-refractivity contribution in [3.05, 3.63) is 0 Å². The van der Waals surface area contributed by atoms with Crippen LogP contribution in [0.25, 0.3) is 0 Å². The third-order valence-corrected chi connectivity index (χ3v) is 4.59. The van der Waals surface area contributed by atoms with E-state index in [9.17, 15) is 4.79 Å². The lowest BCUT2D eigenvalue weighted by Gasteiger charge is -2.48. The van der Waals surface area contributed by atoms with Crippen LogP contribution in [0.5, 0.6) is 0 Å². The van der Waals surface area contributed by atoms with E-state index in [2.05, 4.69) is 10.2 Å². The van der Waals surface area contributed by atoms with Crippen LogP contribution in [0, 0.1) is 0 Å². The zero-order chi connectivity index (χ0) is 14.4. The molecule has 21 heavy (non-hydrogen) atoms. The van der Waals surface area contributed by atoms with Gasteiger partial charge in [-0.1, -0.05) is 19.3 Å². The van der Waals surface area contributed by atoms with Crippen molar-refractivity contribution in [2.24, 2.45) is 5.73 Å². The number of hydrogen-bond donors (Lipinski definition) is 2. The molecule has 1 amide bonds. The average molecular weight is 320 g/mol. The number of ether oxygens (including phenoxy) is 1. The summed E-state index contributed by atoms with van der Waals surface area (Å²) in [5.74, 6) is 0.0817. The van der Waals surface area contributed by atoms with Crippen molar-refractivity contribution in [1.82, 2.24) is 10.2 Å². The molecule has 1 aliphatic carbocycles. The van der Waals surface area contributed by atoms with Crippen molar-refractivity contribution in [2.75, 3.05) is 32.8 Å². The van der Waals surface area contributed by atoms with Gasteiger partial charge in [-0.3, -0.25) is 9.69 Å².